The molecule has 0 aliphatic carbocycles. The predicted molar refractivity (Wildman–Crippen MR) is 70.3 cm³/mol. The van der Waals surface area contributed by atoms with Crippen molar-refractivity contribution in [3.05, 3.63) is 20.8 Å². The Kier molecular flexibility index (Phi) is 5.87. The molecule has 0 fully saturated rings. The topological polar surface area (TPSA) is 20.2 Å². The highest BCUT2D eigenvalue weighted by molar-refractivity contribution is 9.10. The van der Waals surface area contributed by atoms with E-state index in [1.54, 1.807) is 11.3 Å². The van der Waals surface area contributed by atoms with Crippen LogP contribution in [0.1, 0.15) is 50.5 Å². The second-order valence-electron chi connectivity index (χ2n) is 3.89. The number of unbranched alkanes of at least 4 members (excludes halogenated alkanes) is 1. The van der Waals surface area contributed by atoms with E-state index < -0.39 is 0 Å². The predicted octanol–water partition coefficient (Wildman–Crippen LogP) is 4.76. The van der Waals surface area contributed by atoms with Crippen LogP contribution < -0.4 is 0 Å². The fourth-order valence-electron chi connectivity index (χ4n) is 1.78. The zero-order valence-electron chi connectivity index (χ0n) is 9.37. The van der Waals surface area contributed by atoms with Gasteiger partial charge in [0.05, 0.1) is 6.10 Å². The lowest BCUT2D eigenvalue weighted by molar-refractivity contribution is 0.102. The average Bonchev–Trinajstić information content (AvgIpc) is 2.65. The van der Waals surface area contributed by atoms with E-state index in [1.165, 1.54) is 12.8 Å². The second kappa shape index (κ2) is 6.66. The quantitative estimate of drug-likeness (QED) is 0.801. The molecule has 0 aliphatic rings. The van der Waals surface area contributed by atoms with Crippen LogP contribution in [-0.4, -0.2) is 5.11 Å². The van der Waals surface area contributed by atoms with Gasteiger partial charge in [0.25, 0.3) is 0 Å². The number of thiophene rings is 1. The standard InChI is InChI=1S/C12H19BrOS/c1-3-5-6-9(4-2)11(14)12-10(13)7-8-15-12/h7-9,11,14H,3-6H2,1-2H3. The van der Waals surface area contributed by atoms with Gasteiger partial charge in [-0.05, 0) is 39.7 Å². The van der Waals surface area contributed by atoms with Gasteiger partial charge in [0.15, 0.2) is 0 Å². The monoisotopic (exact) mass is 290 g/mol. The van der Waals surface area contributed by atoms with Crippen molar-refractivity contribution in [3.63, 3.8) is 0 Å². The van der Waals surface area contributed by atoms with E-state index >= 15 is 0 Å². The molecule has 1 aromatic rings. The molecule has 2 atom stereocenters. The minimum Gasteiger partial charge on any atom is -0.387 e. The lowest BCUT2D eigenvalue weighted by Crippen LogP contribution is -2.11. The van der Waals surface area contributed by atoms with Crippen molar-refractivity contribution in [2.24, 2.45) is 5.92 Å². The van der Waals surface area contributed by atoms with Crippen LogP contribution in [0, 0.1) is 5.92 Å². The summed E-state index contributed by atoms with van der Waals surface area (Å²) in [5.41, 5.74) is 0. The Morgan fingerprint density at radius 3 is 2.67 bits per heavy atom. The summed E-state index contributed by atoms with van der Waals surface area (Å²) in [6.07, 6.45) is 4.29. The maximum absolute atomic E-state index is 10.3. The van der Waals surface area contributed by atoms with Crippen LogP contribution in [0.4, 0.5) is 0 Å². The number of hydrogen-bond acceptors (Lipinski definition) is 2. The Morgan fingerprint density at radius 2 is 2.20 bits per heavy atom. The molecular formula is C12H19BrOS. The Morgan fingerprint density at radius 1 is 1.47 bits per heavy atom. The summed E-state index contributed by atoms with van der Waals surface area (Å²) < 4.78 is 1.05. The van der Waals surface area contributed by atoms with Crippen molar-refractivity contribution in [1.82, 2.24) is 0 Å². The molecule has 0 bridgehead atoms. The molecule has 2 unspecified atom stereocenters. The van der Waals surface area contributed by atoms with Crippen molar-refractivity contribution < 1.29 is 5.11 Å². The summed E-state index contributed by atoms with van der Waals surface area (Å²) in [5, 5.41) is 12.3. The fraction of sp³-hybridized carbons (Fsp3) is 0.667. The second-order valence-corrected chi connectivity index (χ2v) is 5.69. The van der Waals surface area contributed by atoms with Crippen molar-refractivity contribution in [2.75, 3.05) is 0 Å². The number of halogens is 1. The van der Waals surface area contributed by atoms with Crippen LogP contribution in [-0.2, 0) is 0 Å². The van der Waals surface area contributed by atoms with E-state index in [1.807, 2.05) is 11.4 Å². The van der Waals surface area contributed by atoms with Crippen molar-refractivity contribution in [3.8, 4) is 0 Å². The third-order valence-electron chi connectivity index (χ3n) is 2.81. The van der Waals surface area contributed by atoms with E-state index in [2.05, 4.69) is 29.8 Å². The van der Waals surface area contributed by atoms with E-state index in [4.69, 9.17) is 0 Å². The van der Waals surface area contributed by atoms with Crippen molar-refractivity contribution in [2.45, 2.75) is 45.6 Å². The first-order chi connectivity index (χ1) is 7.20. The van der Waals surface area contributed by atoms with Gasteiger partial charge < -0.3 is 5.11 Å². The van der Waals surface area contributed by atoms with Gasteiger partial charge in [0.2, 0.25) is 0 Å². The van der Waals surface area contributed by atoms with Gasteiger partial charge in [-0.3, -0.25) is 0 Å². The first-order valence-electron chi connectivity index (χ1n) is 5.61. The molecule has 1 nitrogen and oxygen atoms in total. The maximum atomic E-state index is 10.3. The summed E-state index contributed by atoms with van der Waals surface area (Å²) in [4.78, 5) is 1.08. The molecular weight excluding hydrogens is 272 g/mol. The largest absolute Gasteiger partial charge is 0.387 e. The smallest absolute Gasteiger partial charge is 0.0921 e. The van der Waals surface area contributed by atoms with Crippen LogP contribution in [0.25, 0.3) is 0 Å². The Hall–Kier alpha value is 0.140. The molecule has 1 heterocycles. The van der Waals surface area contributed by atoms with Crippen LogP contribution in [0.15, 0.2) is 15.9 Å². The molecule has 0 aliphatic heterocycles. The summed E-state index contributed by atoms with van der Waals surface area (Å²) >= 11 is 5.12. The number of rotatable bonds is 6. The molecule has 1 aromatic heterocycles. The third-order valence-corrected chi connectivity index (χ3v) is 4.75. The fourth-order valence-corrected chi connectivity index (χ4v) is 3.47. The van der Waals surface area contributed by atoms with Gasteiger partial charge in [-0.15, -0.1) is 11.3 Å². The summed E-state index contributed by atoms with van der Waals surface area (Å²) in [6.45, 7) is 4.35. The first kappa shape index (κ1) is 13.2. The third kappa shape index (κ3) is 3.58. The van der Waals surface area contributed by atoms with E-state index in [0.717, 1.165) is 22.2 Å². The summed E-state index contributed by atoms with van der Waals surface area (Å²) in [6, 6.07) is 2.01. The normalized spacial score (nSPS) is 15.2. The van der Waals surface area contributed by atoms with Gasteiger partial charge in [-0.25, -0.2) is 0 Å². The highest BCUT2D eigenvalue weighted by Crippen LogP contribution is 2.36. The maximum Gasteiger partial charge on any atom is 0.0921 e. The Labute approximate surface area is 105 Å². The number of hydrogen-bond donors (Lipinski definition) is 1. The van der Waals surface area contributed by atoms with Crippen molar-refractivity contribution in [1.29, 1.82) is 0 Å². The highest BCUT2D eigenvalue weighted by atomic mass is 79.9. The molecule has 86 valence electrons. The molecule has 0 radical (unpaired) electrons. The van der Waals surface area contributed by atoms with Crippen LogP contribution in [0.3, 0.4) is 0 Å². The van der Waals surface area contributed by atoms with Crippen LogP contribution >= 0.6 is 27.3 Å². The molecule has 0 aromatic carbocycles. The highest BCUT2D eigenvalue weighted by Gasteiger charge is 2.21. The van der Waals surface area contributed by atoms with Crippen LogP contribution in [0.5, 0.6) is 0 Å². The minimum atomic E-state index is -0.295. The molecule has 0 saturated heterocycles. The van der Waals surface area contributed by atoms with Gasteiger partial charge in [0, 0.05) is 9.35 Å². The van der Waals surface area contributed by atoms with E-state index in [0.29, 0.717) is 5.92 Å². The zero-order chi connectivity index (χ0) is 11.3. The average molecular weight is 291 g/mol. The Balaban J connectivity index is 2.64. The molecule has 1 rings (SSSR count). The molecule has 1 N–H and O–H groups in total. The summed E-state index contributed by atoms with van der Waals surface area (Å²) in [5.74, 6) is 0.403. The molecule has 0 amide bonds. The SMILES string of the molecule is CCCCC(CC)C(O)c1sccc1Br. The lowest BCUT2D eigenvalue weighted by atomic mass is 9.92. The van der Waals surface area contributed by atoms with Crippen LogP contribution in [0.2, 0.25) is 0 Å². The number of aliphatic hydroxyl groups excluding tert-OH is 1. The Bertz CT molecular complexity index is 285. The number of aliphatic hydroxyl groups is 1. The zero-order valence-corrected chi connectivity index (χ0v) is 11.8. The van der Waals surface area contributed by atoms with Gasteiger partial charge in [-0.1, -0.05) is 33.1 Å². The van der Waals surface area contributed by atoms with E-state index in [-0.39, 0.29) is 6.10 Å². The lowest BCUT2D eigenvalue weighted by Gasteiger charge is -2.20. The molecule has 3 heteroatoms. The van der Waals surface area contributed by atoms with E-state index in [9.17, 15) is 5.11 Å². The van der Waals surface area contributed by atoms with Gasteiger partial charge in [-0.2, -0.15) is 0 Å². The minimum absolute atomic E-state index is 0.295. The van der Waals surface area contributed by atoms with Gasteiger partial charge >= 0.3 is 0 Å². The molecule has 0 spiro atoms. The van der Waals surface area contributed by atoms with Gasteiger partial charge in [0.1, 0.15) is 0 Å². The summed E-state index contributed by atoms with van der Waals surface area (Å²) in [7, 11) is 0. The van der Waals surface area contributed by atoms with Crippen molar-refractivity contribution >= 4 is 27.3 Å². The molecule has 15 heavy (non-hydrogen) atoms. The molecule has 0 saturated carbocycles. The first-order valence-corrected chi connectivity index (χ1v) is 7.28.